The second-order valence-electron chi connectivity index (χ2n) is 5.95. The van der Waals surface area contributed by atoms with Crippen LogP contribution in [0.4, 0.5) is 13.9 Å². The summed E-state index contributed by atoms with van der Waals surface area (Å²) in [5.74, 6) is -1.93. The van der Waals surface area contributed by atoms with Gasteiger partial charge >= 0.3 is 0 Å². The van der Waals surface area contributed by atoms with Crippen LogP contribution >= 0.6 is 11.3 Å². The van der Waals surface area contributed by atoms with Crippen LogP contribution in [0.2, 0.25) is 0 Å². The van der Waals surface area contributed by atoms with Crippen molar-refractivity contribution in [1.29, 1.82) is 0 Å². The van der Waals surface area contributed by atoms with Gasteiger partial charge in [-0.1, -0.05) is 20.8 Å². The Bertz CT molecular complexity index is 662. The number of nitrogens with one attached hydrogen (secondary N) is 1. The van der Waals surface area contributed by atoms with Crippen molar-refractivity contribution in [1.82, 2.24) is 4.98 Å². The molecule has 1 aromatic heterocycles. The van der Waals surface area contributed by atoms with E-state index in [0.717, 1.165) is 12.1 Å². The summed E-state index contributed by atoms with van der Waals surface area (Å²) in [5, 5.41) is 4.86. The quantitative estimate of drug-likeness (QED) is 0.909. The number of rotatable bonds is 3. The molecule has 0 saturated carbocycles. The Morgan fingerprint density at radius 1 is 1.29 bits per heavy atom. The van der Waals surface area contributed by atoms with Gasteiger partial charge in [-0.2, -0.15) is 0 Å². The number of thiazole rings is 1. The molecule has 0 spiro atoms. The Morgan fingerprint density at radius 3 is 2.62 bits per heavy atom. The topological polar surface area (TPSA) is 42.0 Å². The summed E-state index contributed by atoms with van der Waals surface area (Å²) in [6.07, 6.45) is 0.382. The standard InChI is InChI=1S/C15H16F2N2OS/c1-15(2,3)7-13(20)19-14-18-12(8-21-14)9-4-5-10(16)11(17)6-9/h4-6,8H,7H2,1-3H3,(H,18,19,20). The Balaban J connectivity index is 2.11. The lowest BCUT2D eigenvalue weighted by molar-refractivity contribution is -0.117. The third-order valence-corrected chi connectivity index (χ3v) is 3.41. The molecule has 1 heterocycles. The molecule has 2 aromatic rings. The van der Waals surface area contributed by atoms with Crippen LogP contribution in [-0.4, -0.2) is 10.9 Å². The number of hydrogen-bond acceptors (Lipinski definition) is 3. The molecular formula is C15H16F2N2OS. The zero-order valence-corrected chi connectivity index (χ0v) is 12.9. The number of carbonyl (C=O) groups is 1. The van der Waals surface area contributed by atoms with Crippen LogP contribution < -0.4 is 5.32 Å². The molecule has 6 heteroatoms. The molecule has 1 amide bonds. The van der Waals surface area contributed by atoms with Crippen molar-refractivity contribution in [3.8, 4) is 11.3 Å². The van der Waals surface area contributed by atoms with E-state index in [2.05, 4.69) is 10.3 Å². The number of nitrogens with zero attached hydrogens (tertiary/aromatic N) is 1. The van der Waals surface area contributed by atoms with Crippen molar-refractivity contribution in [2.24, 2.45) is 5.41 Å². The lowest BCUT2D eigenvalue weighted by Crippen LogP contribution is -2.19. The third kappa shape index (κ3) is 4.32. The number of hydrogen-bond donors (Lipinski definition) is 1. The first kappa shape index (κ1) is 15.6. The van der Waals surface area contributed by atoms with E-state index in [1.165, 1.54) is 17.4 Å². The average Bonchev–Trinajstić information content (AvgIpc) is 2.78. The summed E-state index contributed by atoms with van der Waals surface area (Å²) >= 11 is 1.25. The normalized spacial score (nSPS) is 11.5. The maximum absolute atomic E-state index is 13.2. The van der Waals surface area contributed by atoms with Gasteiger partial charge in [0, 0.05) is 17.4 Å². The highest BCUT2D eigenvalue weighted by Gasteiger charge is 2.17. The number of aromatic nitrogens is 1. The van der Waals surface area contributed by atoms with E-state index in [-0.39, 0.29) is 11.3 Å². The van der Waals surface area contributed by atoms with Gasteiger partial charge in [0.15, 0.2) is 16.8 Å². The molecule has 0 unspecified atom stereocenters. The van der Waals surface area contributed by atoms with Gasteiger partial charge in [0.2, 0.25) is 5.91 Å². The van der Waals surface area contributed by atoms with E-state index >= 15 is 0 Å². The minimum Gasteiger partial charge on any atom is -0.302 e. The van der Waals surface area contributed by atoms with E-state index in [0.29, 0.717) is 22.8 Å². The molecule has 0 saturated heterocycles. The Labute approximate surface area is 126 Å². The maximum atomic E-state index is 13.2. The van der Waals surface area contributed by atoms with Crippen molar-refractivity contribution in [2.75, 3.05) is 5.32 Å². The molecule has 3 nitrogen and oxygen atoms in total. The molecule has 1 N–H and O–H groups in total. The largest absolute Gasteiger partial charge is 0.302 e. The van der Waals surface area contributed by atoms with E-state index in [4.69, 9.17) is 0 Å². The second kappa shape index (κ2) is 5.89. The van der Waals surface area contributed by atoms with Crippen LogP contribution in [0.1, 0.15) is 27.2 Å². The fourth-order valence-electron chi connectivity index (χ4n) is 1.76. The predicted molar refractivity (Wildman–Crippen MR) is 80.2 cm³/mol. The molecule has 21 heavy (non-hydrogen) atoms. The van der Waals surface area contributed by atoms with Crippen molar-refractivity contribution in [3.63, 3.8) is 0 Å². The van der Waals surface area contributed by atoms with Gasteiger partial charge in [-0.15, -0.1) is 11.3 Å². The van der Waals surface area contributed by atoms with E-state index in [9.17, 15) is 13.6 Å². The molecule has 2 rings (SSSR count). The zero-order valence-electron chi connectivity index (χ0n) is 12.0. The molecule has 0 atom stereocenters. The smallest absolute Gasteiger partial charge is 0.226 e. The van der Waals surface area contributed by atoms with Crippen molar-refractivity contribution in [3.05, 3.63) is 35.2 Å². The molecule has 0 aliphatic heterocycles. The predicted octanol–water partition coefficient (Wildman–Crippen LogP) is 4.46. The number of anilines is 1. The number of carbonyl (C=O) groups excluding carboxylic acids is 1. The van der Waals surface area contributed by atoms with Gasteiger partial charge in [-0.25, -0.2) is 13.8 Å². The first-order valence-corrected chi connectivity index (χ1v) is 7.33. The van der Waals surface area contributed by atoms with Gasteiger partial charge in [-0.05, 0) is 23.6 Å². The lowest BCUT2D eigenvalue weighted by Gasteiger charge is -2.16. The van der Waals surface area contributed by atoms with Gasteiger partial charge in [0.05, 0.1) is 5.69 Å². The minimum atomic E-state index is -0.918. The van der Waals surface area contributed by atoms with Crippen LogP contribution in [0.5, 0.6) is 0 Å². The molecule has 0 fully saturated rings. The fraction of sp³-hybridized carbons (Fsp3) is 0.333. The van der Waals surface area contributed by atoms with Crippen LogP contribution in [0.15, 0.2) is 23.6 Å². The molecular weight excluding hydrogens is 294 g/mol. The number of amides is 1. The van der Waals surface area contributed by atoms with Gasteiger partial charge < -0.3 is 5.32 Å². The summed E-state index contributed by atoms with van der Waals surface area (Å²) in [6.45, 7) is 5.92. The monoisotopic (exact) mass is 310 g/mol. The van der Waals surface area contributed by atoms with Gasteiger partial charge in [0.25, 0.3) is 0 Å². The summed E-state index contributed by atoms with van der Waals surface area (Å²) in [4.78, 5) is 16.0. The second-order valence-corrected chi connectivity index (χ2v) is 6.81. The van der Waals surface area contributed by atoms with Crippen LogP contribution in [-0.2, 0) is 4.79 Å². The SMILES string of the molecule is CC(C)(C)CC(=O)Nc1nc(-c2ccc(F)c(F)c2)cs1. The highest BCUT2D eigenvalue weighted by atomic mass is 32.1. The highest BCUT2D eigenvalue weighted by Crippen LogP contribution is 2.27. The zero-order chi connectivity index (χ0) is 15.6. The van der Waals surface area contributed by atoms with Gasteiger partial charge in [-0.3, -0.25) is 4.79 Å². The third-order valence-electron chi connectivity index (χ3n) is 2.66. The van der Waals surface area contributed by atoms with Crippen LogP contribution in [0.3, 0.4) is 0 Å². The van der Waals surface area contributed by atoms with Crippen molar-refractivity contribution >= 4 is 22.4 Å². The molecule has 0 radical (unpaired) electrons. The average molecular weight is 310 g/mol. The van der Waals surface area contributed by atoms with Crippen molar-refractivity contribution in [2.45, 2.75) is 27.2 Å². The van der Waals surface area contributed by atoms with Crippen molar-refractivity contribution < 1.29 is 13.6 Å². The Morgan fingerprint density at radius 2 is 2.00 bits per heavy atom. The Kier molecular flexibility index (Phi) is 4.37. The molecule has 0 aliphatic carbocycles. The summed E-state index contributed by atoms with van der Waals surface area (Å²) < 4.78 is 26.1. The number of halogens is 2. The van der Waals surface area contributed by atoms with E-state index < -0.39 is 11.6 Å². The molecule has 112 valence electrons. The lowest BCUT2D eigenvalue weighted by atomic mass is 9.92. The summed E-state index contributed by atoms with van der Waals surface area (Å²) in [6, 6.07) is 3.60. The summed E-state index contributed by atoms with van der Waals surface area (Å²) in [7, 11) is 0. The van der Waals surface area contributed by atoms with E-state index in [1.54, 1.807) is 5.38 Å². The highest BCUT2D eigenvalue weighted by molar-refractivity contribution is 7.14. The summed E-state index contributed by atoms with van der Waals surface area (Å²) in [5.41, 5.74) is 0.871. The maximum Gasteiger partial charge on any atom is 0.226 e. The first-order chi connectivity index (χ1) is 9.74. The van der Waals surface area contributed by atoms with Crippen LogP contribution in [0, 0.1) is 17.0 Å². The molecule has 0 aliphatic rings. The fourth-order valence-corrected chi connectivity index (χ4v) is 2.50. The first-order valence-electron chi connectivity index (χ1n) is 6.45. The minimum absolute atomic E-state index is 0.107. The Hall–Kier alpha value is -1.82. The van der Waals surface area contributed by atoms with E-state index in [1.807, 2.05) is 20.8 Å². The van der Waals surface area contributed by atoms with Gasteiger partial charge in [0.1, 0.15) is 0 Å². The number of benzene rings is 1. The van der Waals surface area contributed by atoms with Crippen LogP contribution in [0.25, 0.3) is 11.3 Å². The molecule has 1 aromatic carbocycles. The molecule has 0 bridgehead atoms.